The van der Waals surface area contributed by atoms with Gasteiger partial charge in [-0.2, -0.15) is 0 Å². The van der Waals surface area contributed by atoms with Gasteiger partial charge in [-0.25, -0.2) is 0 Å². The number of nitrogens with one attached hydrogen (secondary N) is 1. The summed E-state index contributed by atoms with van der Waals surface area (Å²) in [4.78, 5) is 15.0. The fourth-order valence-corrected chi connectivity index (χ4v) is 3.59. The zero-order valence-corrected chi connectivity index (χ0v) is 14.6. The van der Waals surface area contributed by atoms with Crippen molar-refractivity contribution in [1.29, 1.82) is 0 Å². The van der Waals surface area contributed by atoms with Crippen LogP contribution in [-0.2, 0) is 11.3 Å². The third-order valence-corrected chi connectivity index (χ3v) is 4.99. The molecule has 1 unspecified atom stereocenters. The van der Waals surface area contributed by atoms with Crippen molar-refractivity contribution in [2.24, 2.45) is 5.92 Å². The first-order chi connectivity index (χ1) is 11.3. The molecular formula is C18H25ClN2O3. The quantitative estimate of drug-likeness (QED) is 0.903. The fraction of sp³-hybridized carbons (Fsp3) is 0.611. The number of fused-ring (bicyclic) bond motifs is 1. The molecule has 1 saturated carbocycles. The number of piperidine rings is 1. The number of halogens is 1. The zero-order valence-electron chi connectivity index (χ0n) is 13.8. The largest absolute Gasteiger partial charge is 0.486 e. The summed E-state index contributed by atoms with van der Waals surface area (Å²) >= 11 is 0. The Hall–Kier alpha value is -1.46. The molecule has 1 atom stereocenters. The molecule has 6 heteroatoms. The van der Waals surface area contributed by atoms with Crippen LogP contribution in [0.5, 0.6) is 11.5 Å². The number of carbonyl (C=O) groups excluding carboxylic acids is 1. The van der Waals surface area contributed by atoms with E-state index in [1.165, 1.54) is 12.8 Å². The zero-order chi connectivity index (χ0) is 15.6. The summed E-state index contributed by atoms with van der Waals surface area (Å²) in [7, 11) is 0. The summed E-state index contributed by atoms with van der Waals surface area (Å²) < 4.78 is 11.3. The lowest BCUT2D eigenvalue weighted by Crippen LogP contribution is -2.43. The summed E-state index contributed by atoms with van der Waals surface area (Å²) in [5, 5.41) is 3.10. The number of para-hydroxylation sites is 1. The van der Waals surface area contributed by atoms with Gasteiger partial charge < -0.3 is 14.8 Å². The number of likely N-dealkylation sites (tertiary alicyclic amines) is 1. The number of rotatable bonds is 4. The Kier molecular flexibility index (Phi) is 5.51. The minimum atomic E-state index is 0. The molecule has 1 N–H and O–H groups in total. The lowest BCUT2D eigenvalue weighted by atomic mass is 9.97. The molecule has 4 rings (SSSR count). The van der Waals surface area contributed by atoms with E-state index in [0.29, 0.717) is 19.8 Å². The van der Waals surface area contributed by atoms with Gasteiger partial charge in [0.1, 0.15) is 13.2 Å². The molecule has 3 aliphatic rings. The molecule has 1 aromatic carbocycles. The molecule has 0 spiro atoms. The molecule has 2 heterocycles. The van der Waals surface area contributed by atoms with Gasteiger partial charge in [-0.1, -0.05) is 12.1 Å². The average molecular weight is 353 g/mol. The molecule has 1 aromatic rings. The lowest BCUT2D eigenvalue weighted by molar-refractivity contribution is -0.126. The van der Waals surface area contributed by atoms with Crippen molar-refractivity contribution in [3.8, 4) is 11.5 Å². The molecule has 1 saturated heterocycles. The molecule has 0 bridgehead atoms. The maximum atomic E-state index is 12.5. The van der Waals surface area contributed by atoms with Gasteiger partial charge in [0.25, 0.3) is 0 Å². The van der Waals surface area contributed by atoms with Crippen molar-refractivity contribution in [1.82, 2.24) is 10.2 Å². The molecule has 0 radical (unpaired) electrons. The number of amides is 1. The van der Waals surface area contributed by atoms with Crippen LogP contribution in [0, 0.1) is 5.92 Å². The first-order valence-corrected chi connectivity index (χ1v) is 8.70. The highest BCUT2D eigenvalue weighted by atomic mass is 35.5. The summed E-state index contributed by atoms with van der Waals surface area (Å²) in [6.07, 6.45) is 4.75. The number of hydrogen-bond donors (Lipinski definition) is 1. The predicted octanol–water partition coefficient (Wildman–Crippen LogP) is 2.37. The van der Waals surface area contributed by atoms with E-state index < -0.39 is 0 Å². The summed E-state index contributed by atoms with van der Waals surface area (Å²) in [6.45, 7) is 3.74. The van der Waals surface area contributed by atoms with Gasteiger partial charge >= 0.3 is 0 Å². The number of benzene rings is 1. The lowest BCUT2D eigenvalue weighted by Gasteiger charge is -2.32. The van der Waals surface area contributed by atoms with E-state index in [-0.39, 0.29) is 24.2 Å². The predicted molar refractivity (Wildman–Crippen MR) is 93.8 cm³/mol. The van der Waals surface area contributed by atoms with Crippen molar-refractivity contribution in [3.05, 3.63) is 23.8 Å². The first-order valence-electron chi connectivity index (χ1n) is 8.70. The van der Waals surface area contributed by atoms with E-state index in [4.69, 9.17) is 9.47 Å². The smallest absolute Gasteiger partial charge is 0.224 e. The van der Waals surface area contributed by atoms with Gasteiger partial charge in [-0.3, -0.25) is 9.69 Å². The second kappa shape index (κ2) is 7.62. The van der Waals surface area contributed by atoms with Gasteiger partial charge in [-0.15, -0.1) is 12.4 Å². The van der Waals surface area contributed by atoms with Gasteiger partial charge in [0.2, 0.25) is 5.91 Å². The van der Waals surface area contributed by atoms with Crippen LogP contribution in [0.15, 0.2) is 18.2 Å². The highest BCUT2D eigenvalue weighted by Crippen LogP contribution is 2.34. The number of nitrogens with zero attached hydrogens (tertiary/aromatic N) is 1. The molecule has 2 fully saturated rings. The van der Waals surface area contributed by atoms with E-state index in [1.54, 1.807) is 0 Å². The molecule has 24 heavy (non-hydrogen) atoms. The van der Waals surface area contributed by atoms with E-state index in [1.807, 2.05) is 18.2 Å². The third-order valence-electron chi connectivity index (χ3n) is 4.99. The molecule has 0 aromatic heterocycles. The van der Waals surface area contributed by atoms with Crippen LogP contribution in [0.4, 0.5) is 0 Å². The van der Waals surface area contributed by atoms with Crippen LogP contribution in [0.2, 0.25) is 0 Å². The number of ether oxygens (including phenoxy) is 2. The summed E-state index contributed by atoms with van der Waals surface area (Å²) in [6, 6.07) is 6.60. The van der Waals surface area contributed by atoms with Gasteiger partial charge in [0, 0.05) is 24.7 Å². The Balaban J connectivity index is 0.00000169. The van der Waals surface area contributed by atoms with E-state index in [2.05, 4.69) is 10.2 Å². The normalized spacial score (nSPS) is 23.2. The van der Waals surface area contributed by atoms with Gasteiger partial charge in [0.05, 0.1) is 5.92 Å². The topological polar surface area (TPSA) is 50.8 Å². The minimum Gasteiger partial charge on any atom is -0.486 e. The van der Waals surface area contributed by atoms with Crippen molar-refractivity contribution in [2.75, 3.05) is 26.3 Å². The third kappa shape index (κ3) is 3.78. The van der Waals surface area contributed by atoms with Crippen molar-refractivity contribution in [2.45, 2.75) is 38.3 Å². The Morgan fingerprint density at radius 3 is 2.88 bits per heavy atom. The molecule has 1 amide bonds. The minimum absolute atomic E-state index is 0. The first kappa shape index (κ1) is 17.4. The van der Waals surface area contributed by atoms with Crippen molar-refractivity contribution in [3.63, 3.8) is 0 Å². The van der Waals surface area contributed by atoms with Crippen LogP contribution in [0.1, 0.15) is 31.2 Å². The van der Waals surface area contributed by atoms with Crippen LogP contribution in [0.3, 0.4) is 0 Å². The van der Waals surface area contributed by atoms with Crippen molar-refractivity contribution < 1.29 is 14.3 Å². The van der Waals surface area contributed by atoms with Crippen LogP contribution < -0.4 is 14.8 Å². The Morgan fingerprint density at radius 1 is 1.21 bits per heavy atom. The Labute approximate surface area is 149 Å². The second-order valence-corrected chi connectivity index (χ2v) is 6.72. The van der Waals surface area contributed by atoms with Crippen LogP contribution >= 0.6 is 12.4 Å². The molecule has 132 valence electrons. The van der Waals surface area contributed by atoms with Crippen LogP contribution in [0.25, 0.3) is 0 Å². The second-order valence-electron chi connectivity index (χ2n) is 6.72. The highest BCUT2D eigenvalue weighted by molar-refractivity contribution is 5.85. The molecule has 2 aliphatic heterocycles. The molecule has 5 nitrogen and oxygen atoms in total. The van der Waals surface area contributed by atoms with E-state index >= 15 is 0 Å². The highest BCUT2D eigenvalue weighted by Gasteiger charge is 2.34. The van der Waals surface area contributed by atoms with Crippen molar-refractivity contribution >= 4 is 18.3 Å². The summed E-state index contributed by atoms with van der Waals surface area (Å²) in [5.41, 5.74) is 0.991. The summed E-state index contributed by atoms with van der Waals surface area (Å²) in [5.74, 6) is 1.86. The van der Waals surface area contributed by atoms with Crippen LogP contribution in [-0.4, -0.2) is 43.2 Å². The maximum Gasteiger partial charge on any atom is 0.224 e. The van der Waals surface area contributed by atoms with Gasteiger partial charge in [-0.05, 0) is 38.3 Å². The molecular weight excluding hydrogens is 328 g/mol. The van der Waals surface area contributed by atoms with Gasteiger partial charge in [0.15, 0.2) is 11.5 Å². The standard InChI is InChI=1S/C18H24N2O3.ClH/c21-18(14-4-2-8-20(12-14)15-6-7-15)19-11-13-3-1-5-16-17(13)23-10-9-22-16;/h1,3,5,14-15H,2,4,6-12H2,(H,19,21);1H. The maximum absolute atomic E-state index is 12.5. The monoisotopic (exact) mass is 352 g/mol. The average Bonchev–Trinajstić information content (AvgIpc) is 3.45. The fourth-order valence-electron chi connectivity index (χ4n) is 3.59. The van der Waals surface area contributed by atoms with E-state index in [0.717, 1.165) is 49.0 Å². The Bertz CT molecular complexity index is 592. The number of hydrogen-bond acceptors (Lipinski definition) is 4. The molecule has 1 aliphatic carbocycles. The Morgan fingerprint density at radius 2 is 2.04 bits per heavy atom. The van der Waals surface area contributed by atoms with E-state index in [9.17, 15) is 4.79 Å². The SMILES string of the molecule is Cl.O=C(NCc1cccc2c1OCCO2)C1CCCN(C2CC2)C1. The number of carbonyl (C=O) groups is 1.